The minimum absolute atomic E-state index is 0.235. The summed E-state index contributed by atoms with van der Waals surface area (Å²) in [6.45, 7) is 0.365. The maximum absolute atomic E-state index is 12.5. The van der Waals surface area contributed by atoms with Gasteiger partial charge >= 0.3 is 0 Å². The fourth-order valence-electron chi connectivity index (χ4n) is 2.57. The Hall–Kier alpha value is -3.03. The lowest BCUT2D eigenvalue weighted by atomic mass is 10.2. The van der Waals surface area contributed by atoms with E-state index in [2.05, 4.69) is 15.4 Å². The minimum atomic E-state index is -0.273. The number of rotatable bonds is 4. The molecule has 0 aliphatic carbocycles. The Morgan fingerprint density at radius 1 is 1.15 bits per heavy atom. The van der Waals surface area contributed by atoms with Crippen molar-refractivity contribution in [1.82, 2.24) is 19.9 Å². The summed E-state index contributed by atoms with van der Waals surface area (Å²) in [5.74, 6) is 0.745. The van der Waals surface area contributed by atoms with Crippen LogP contribution in [0.15, 0.2) is 52.9 Å². The summed E-state index contributed by atoms with van der Waals surface area (Å²) in [5, 5.41) is 8.00. The van der Waals surface area contributed by atoms with Crippen molar-refractivity contribution in [3.63, 3.8) is 0 Å². The topological polar surface area (TPSA) is 98.5 Å². The number of nitrogens with one attached hydrogen (secondary N) is 1. The molecule has 0 aliphatic heterocycles. The quantitative estimate of drug-likeness (QED) is 0.541. The van der Waals surface area contributed by atoms with Gasteiger partial charge in [0.2, 0.25) is 5.82 Å². The lowest BCUT2D eigenvalue weighted by Crippen LogP contribution is -2.23. The number of amides is 1. The average molecular weight is 402 g/mol. The van der Waals surface area contributed by atoms with Gasteiger partial charge in [0.05, 0.1) is 0 Å². The first-order valence-electron chi connectivity index (χ1n) is 7.94. The number of nitrogen functional groups attached to an aromatic ring is 1. The number of fused-ring (bicyclic) bond motifs is 1. The Bertz CT molecular complexity index is 1130. The minimum Gasteiger partial charge on any atom is -0.441 e. The standard InChI is InChI=1S/C18H13Cl2N5O2/c19-12-3-1-10(2-4-12)9-22-18(26)11-7-15(21)25-16(8-11)23-17(24-25)13-5-6-14(20)27-13/h1-8H,9,21H2,(H,22,26). The molecule has 0 aliphatic rings. The van der Waals surface area contributed by atoms with Crippen LogP contribution in [0.4, 0.5) is 5.82 Å². The number of nitrogens with two attached hydrogens (primary N) is 1. The number of furan rings is 1. The Morgan fingerprint density at radius 3 is 2.63 bits per heavy atom. The van der Waals surface area contributed by atoms with Crippen LogP contribution >= 0.6 is 23.2 Å². The van der Waals surface area contributed by atoms with E-state index in [0.29, 0.717) is 34.4 Å². The number of aromatic nitrogens is 3. The van der Waals surface area contributed by atoms with E-state index in [1.54, 1.807) is 30.3 Å². The van der Waals surface area contributed by atoms with Gasteiger partial charge in [0.15, 0.2) is 16.6 Å². The summed E-state index contributed by atoms with van der Waals surface area (Å²) >= 11 is 11.6. The molecule has 4 aromatic rings. The Morgan fingerprint density at radius 2 is 1.93 bits per heavy atom. The summed E-state index contributed by atoms with van der Waals surface area (Å²) in [5.41, 5.74) is 7.76. The first kappa shape index (κ1) is 17.4. The summed E-state index contributed by atoms with van der Waals surface area (Å²) < 4.78 is 6.74. The van der Waals surface area contributed by atoms with Crippen LogP contribution in [0, 0.1) is 0 Å². The molecule has 4 rings (SSSR count). The third-order valence-electron chi connectivity index (χ3n) is 3.89. The van der Waals surface area contributed by atoms with Gasteiger partial charge in [-0.15, -0.1) is 5.10 Å². The zero-order chi connectivity index (χ0) is 19.0. The molecule has 3 heterocycles. The van der Waals surface area contributed by atoms with Gasteiger partial charge in [-0.05, 0) is 53.6 Å². The number of pyridine rings is 1. The van der Waals surface area contributed by atoms with Crippen LogP contribution in [0.5, 0.6) is 0 Å². The summed E-state index contributed by atoms with van der Waals surface area (Å²) in [7, 11) is 0. The number of benzene rings is 1. The second-order valence-electron chi connectivity index (χ2n) is 5.79. The zero-order valence-corrected chi connectivity index (χ0v) is 15.3. The fraction of sp³-hybridized carbons (Fsp3) is 0.0556. The molecule has 27 heavy (non-hydrogen) atoms. The molecule has 1 aromatic carbocycles. The highest BCUT2D eigenvalue weighted by Gasteiger charge is 2.15. The van der Waals surface area contributed by atoms with E-state index >= 15 is 0 Å². The summed E-state index contributed by atoms with van der Waals surface area (Å²) in [4.78, 5) is 16.8. The van der Waals surface area contributed by atoms with Crippen molar-refractivity contribution in [2.24, 2.45) is 0 Å². The maximum Gasteiger partial charge on any atom is 0.251 e. The molecule has 0 saturated heterocycles. The molecule has 0 radical (unpaired) electrons. The highest BCUT2D eigenvalue weighted by Crippen LogP contribution is 2.23. The molecule has 3 aromatic heterocycles. The normalized spacial score (nSPS) is 11.0. The van der Waals surface area contributed by atoms with Gasteiger partial charge in [-0.25, -0.2) is 4.98 Å². The Kier molecular flexibility index (Phi) is 4.47. The molecular formula is C18H13Cl2N5O2. The molecule has 3 N–H and O–H groups in total. The van der Waals surface area contributed by atoms with E-state index in [4.69, 9.17) is 33.4 Å². The first-order valence-corrected chi connectivity index (χ1v) is 8.70. The second kappa shape index (κ2) is 6.94. The van der Waals surface area contributed by atoms with Crippen molar-refractivity contribution >= 4 is 40.6 Å². The molecule has 9 heteroatoms. The van der Waals surface area contributed by atoms with E-state index in [-0.39, 0.29) is 16.9 Å². The Balaban J connectivity index is 1.58. The van der Waals surface area contributed by atoms with Crippen LogP contribution in [0.25, 0.3) is 17.2 Å². The van der Waals surface area contributed by atoms with Gasteiger partial charge < -0.3 is 15.5 Å². The van der Waals surface area contributed by atoms with E-state index < -0.39 is 0 Å². The maximum atomic E-state index is 12.5. The van der Waals surface area contributed by atoms with E-state index in [1.165, 1.54) is 10.6 Å². The molecule has 0 fully saturated rings. The molecule has 0 atom stereocenters. The first-order chi connectivity index (χ1) is 13.0. The van der Waals surface area contributed by atoms with Crippen LogP contribution < -0.4 is 11.1 Å². The second-order valence-corrected chi connectivity index (χ2v) is 6.60. The van der Waals surface area contributed by atoms with Gasteiger partial charge in [0.25, 0.3) is 5.91 Å². The SMILES string of the molecule is Nc1cc(C(=O)NCc2ccc(Cl)cc2)cc2nc(-c3ccc(Cl)o3)nn12. The lowest BCUT2D eigenvalue weighted by molar-refractivity contribution is 0.0951. The van der Waals surface area contributed by atoms with Crippen LogP contribution in [-0.4, -0.2) is 20.5 Å². The number of hydrogen-bond donors (Lipinski definition) is 2. The molecule has 0 spiro atoms. The molecule has 136 valence electrons. The number of carbonyl (C=O) groups excluding carboxylic acids is 1. The van der Waals surface area contributed by atoms with Crippen LogP contribution in [0.3, 0.4) is 0 Å². The smallest absolute Gasteiger partial charge is 0.251 e. The molecule has 0 unspecified atom stereocenters. The highest BCUT2D eigenvalue weighted by molar-refractivity contribution is 6.30. The monoisotopic (exact) mass is 401 g/mol. The average Bonchev–Trinajstić information content (AvgIpc) is 3.27. The van der Waals surface area contributed by atoms with Gasteiger partial charge in [-0.2, -0.15) is 4.52 Å². The van der Waals surface area contributed by atoms with Crippen molar-refractivity contribution in [2.45, 2.75) is 6.54 Å². The highest BCUT2D eigenvalue weighted by atomic mass is 35.5. The van der Waals surface area contributed by atoms with Crippen molar-refractivity contribution in [2.75, 3.05) is 5.73 Å². The van der Waals surface area contributed by atoms with Crippen LogP contribution in [0.2, 0.25) is 10.2 Å². The Labute approximate surface area is 163 Å². The van der Waals surface area contributed by atoms with Crippen molar-refractivity contribution in [1.29, 1.82) is 0 Å². The van der Waals surface area contributed by atoms with Gasteiger partial charge in [0.1, 0.15) is 5.82 Å². The predicted octanol–water partition coefficient (Wildman–Crippen LogP) is 3.81. The lowest BCUT2D eigenvalue weighted by Gasteiger charge is -2.07. The third kappa shape index (κ3) is 3.60. The van der Waals surface area contributed by atoms with Crippen LogP contribution in [0.1, 0.15) is 15.9 Å². The van der Waals surface area contributed by atoms with Gasteiger partial charge in [0, 0.05) is 17.1 Å². The number of nitrogens with zero attached hydrogens (tertiary/aromatic N) is 3. The largest absolute Gasteiger partial charge is 0.441 e. The molecular weight excluding hydrogens is 389 g/mol. The number of halogens is 2. The predicted molar refractivity (Wildman–Crippen MR) is 103 cm³/mol. The van der Waals surface area contributed by atoms with Crippen molar-refractivity contribution < 1.29 is 9.21 Å². The zero-order valence-electron chi connectivity index (χ0n) is 13.8. The van der Waals surface area contributed by atoms with E-state index in [0.717, 1.165) is 5.56 Å². The summed E-state index contributed by atoms with van der Waals surface area (Å²) in [6.07, 6.45) is 0. The summed E-state index contributed by atoms with van der Waals surface area (Å²) in [6, 6.07) is 13.6. The molecule has 1 amide bonds. The fourth-order valence-corrected chi connectivity index (χ4v) is 2.84. The number of hydrogen-bond acceptors (Lipinski definition) is 5. The van der Waals surface area contributed by atoms with Crippen molar-refractivity contribution in [3.8, 4) is 11.6 Å². The van der Waals surface area contributed by atoms with Crippen LogP contribution in [-0.2, 0) is 6.54 Å². The van der Waals surface area contributed by atoms with E-state index in [9.17, 15) is 4.79 Å². The molecule has 0 bridgehead atoms. The van der Waals surface area contributed by atoms with Gasteiger partial charge in [-0.1, -0.05) is 23.7 Å². The van der Waals surface area contributed by atoms with Crippen molar-refractivity contribution in [3.05, 3.63) is 69.9 Å². The third-order valence-corrected chi connectivity index (χ3v) is 4.34. The molecule has 0 saturated carbocycles. The number of anilines is 1. The molecule has 7 nitrogen and oxygen atoms in total. The van der Waals surface area contributed by atoms with E-state index in [1.807, 2.05) is 12.1 Å². The van der Waals surface area contributed by atoms with Gasteiger partial charge in [-0.3, -0.25) is 4.79 Å². The number of carbonyl (C=O) groups is 1.